The molecule has 2 aromatic rings. The van der Waals surface area contributed by atoms with Crippen molar-refractivity contribution in [2.75, 3.05) is 19.0 Å². The number of nitrogens with one attached hydrogen (secondary N) is 1. The molecule has 1 heterocycles. The van der Waals surface area contributed by atoms with E-state index in [9.17, 15) is 0 Å². The van der Waals surface area contributed by atoms with Crippen LogP contribution in [0.3, 0.4) is 0 Å². The fraction of sp³-hybridized carbons (Fsp3) is 0.357. The molecule has 0 spiro atoms. The van der Waals surface area contributed by atoms with Crippen molar-refractivity contribution >= 4 is 16.5 Å². The molecule has 0 unspecified atom stereocenters. The topological polar surface area (TPSA) is 28.2 Å². The molecular weight excluding hydrogens is 242 g/mol. The van der Waals surface area contributed by atoms with Gasteiger partial charge in [0.25, 0.3) is 0 Å². The first kappa shape index (κ1) is 13.1. The number of nitrogens with zero attached hydrogens (tertiary/aromatic N) is 2. The maximum absolute atomic E-state index is 4.61. The number of benzene rings is 1. The first-order valence-corrected chi connectivity index (χ1v) is 6.93. The Labute approximate surface area is 112 Å². The summed E-state index contributed by atoms with van der Waals surface area (Å²) >= 11 is 1.70. The van der Waals surface area contributed by atoms with E-state index in [1.165, 1.54) is 11.1 Å². The molecule has 0 aliphatic heterocycles. The van der Waals surface area contributed by atoms with Crippen LogP contribution in [0.4, 0.5) is 5.13 Å². The molecule has 0 aliphatic rings. The van der Waals surface area contributed by atoms with Gasteiger partial charge in [0.2, 0.25) is 0 Å². The molecule has 1 N–H and O–H groups in total. The van der Waals surface area contributed by atoms with Crippen molar-refractivity contribution in [2.24, 2.45) is 0 Å². The van der Waals surface area contributed by atoms with Crippen LogP contribution in [0, 0.1) is 6.92 Å². The predicted octanol–water partition coefficient (Wildman–Crippen LogP) is 2.81. The SMILES string of the molecule is CNCc1csc(N(C)Cc2ccccc2C)n1. The van der Waals surface area contributed by atoms with Crippen molar-refractivity contribution in [1.82, 2.24) is 10.3 Å². The lowest BCUT2D eigenvalue weighted by Gasteiger charge is -2.17. The molecule has 0 atom stereocenters. The Morgan fingerprint density at radius 1 is 1.33 bits per heavy atom. The van der Waals surface area contributed by atoms with Crippen molar-refractivity contribution in [2.45, 2.75) is 20.0 Å². The lowest BCUT2D eigenvalue weighted by Crippen LogP contribution is -2.17. The van der Waals surface area contributed by atoms with E-state index in [-0.39, 0.29) is 0 Å². The fourth-order valence-electron chi connectivity index (χ4n) is 1.84. The van der Waals surface area contributed by atoms with Crippen LogP contribution < -0.4 is 10.2 Å². The highest BCUT2D eigenvalue weighted by Crippen LogP contribution is 2.21. The van der Waals surface area contributed by atoms with Crippen LogP contribution in [0.1, 0.15) is 16.8 Å². The molecule has 0 saturated carbocycles. The third-order valence-electron chi connectivity index (χ3n) is 2.89. The number of anilines is 1. The first-order valence-electron chi connectivity index (χ1n) is 6.05. The average Bonchev–Trinajstić information content (AvgIpc) is 2.81. The van der Waals surface area contributed by atoms with Crippen LogP contribution in [0.2, 0.25) is 0 Å². The number of rotatable bonds is 5. The highest BCUT2D eigenvalue weighted by Gasteiger charge is 2.08. The van der Waals surface area contributed by atoms with Crippen molar-refractivity contribution in [3.05, 3.63) is 46.5 Å². The predicted molar refractivity (Wildman–Crippen MR) is 78.2 cm³/mol. The van der Waals surface area contributed by atoms with Crippen LogP contribution in [0.15, 0.2) is 29.6 Å². The van der Waals surface area contributed by atoms with Gasteiger partial charge in [-0.05, 0) is 25.1 Å². The summed E-state index contributed by atoms with van der Waals surface area (Å²) in [6.45, 7) is 3.88. The monoisotopic (exact) mass is 261 g/mol. The summed E-state index contributed by atoms with van der Waals surface area (Å²) in [5.74, 6) is 0. The van der Waals surface area contributed by atoms with Gasteiger partial charge >= 0.3 is 0 Å². The Morgan fingerprint density at radius 2 is 2.11 bits per heavy atom. The Kier molecular flexibility index (Phi) is 4.33. The van der Waals surface area contributed by atoms with E-state index in [4.69, 9.17) is 0 Å². The van der Waals surface area contributed by atoms with Gasteiger partial charge in [0.15, 0.2) is 5.13 Å². The van der Waals surface area contributed by atoms with Gasteiger partial charge in [0.1, 0.15) is 0 Å². The highest BCUT2D eigenvalue weighted by molar-refractivity contribution is 7.13. The summed E-state index contributed by atoms with van der Waals surface area (Å²) in [5.41, 5.74) is 3.79. The molecule has 18 heavy (non-hydrogen) atoms. The van der Waals surface area contributed by atoms with Gasteiger partial charge in [-0.2, -0.15) is 0 Å². The molecule has 0 fully saturated rings. The highest BCUT2D eigenvalue weighted by atomic mass is 32.1. The molecule has 0 saturated heterocycles. The van der Waals surface area contributed by atoms with E-state index >= 15 is 0 Å². The van der Waals surface area contributed by atoms with Crippen molar-refractivity contribution < 1.29 is 0 Å². The van der Waals surface area contributed by atoms with Crippen LogP contribution in [-0.4, -0.2) is 19.1 Å². The maximum atomic E-state index is 4.61. The maximum Gasteiger partial charge on any atom is 0.185 e. The molecule has 96 valence electrons. The molecule has 1 aromatic heterocycles. The molecule has 0 aliphatic carbocycles. The van der Waals surface area contributed by atoms with E-state index < -0.39 is 0 Å². The summed E-state index contributed by atoms with van der Waals surface area (Å²) in [6, 6.07) is 8.49. The Morgan fingerprint density at radius 3 is 2.83 bits per heavy atom. The van der Waals surface area contributed by atoms with E-state index in [0.29, 0.717) is 0 Å². The van der Waals surface area contributed by atoms with Crippen molar-refractivity contribution in [3.8, 4) is 0 Å². The largest absolute Gasteiger partial charge is 0.347 e. The quantitative estimate of drug-likeness (QED) is 0.897. The van der Waals surface area contributed by atoms with Crippen LogP contribution >= 0.6 is 11.3 Å². The number of aromatic nitrogens is 1. The van der Waals surface area contributed by atoms with Gasteiger partial charge in [0.05, 0.1) is 5.69 Å². The second kappa shape index (κ2) is 5.98. The van der Waals surface area contributed by atoms with Crippen molar-refractivity contribution in [3.63, 3.8) is 0 Å². The zero-order valence-electron chi connectivity index (χ0n) is 11.1. The zero-order chi connectivity index (χ0) is 13.0. The van der Waals surface area contributed by atoms with Gasteiger partial charge in [-0.1, -0.05) is 24.3 Å². The number of aryl methyl sites for hydroxylation is 1. The third kappa shape index (κ3) is 3.09. The minimum absolute atomic E-state index is 0.828. The molecule has 0 amide bonds. The Bertz CT molecular complexity index is 507. The first-order chi connectivity index (χ1) is 8.70. The summed E-state index contributed by atoms with van der Waals surface area (Å²) in [6.07, 6.45) is 0. The summed E-state index contributed by atoms with van der Waals surface area (Å²) < 4.78 is 0. The molecule has 0 radical (unpaired) electrons. The molecule has 3 nitrogen and oxygen atoms in total. The lowest BCUT2D eigenvalue weighted by atomic mass is 10.1. The van der Waals surface area contributed by atoms with Crippen molar-refractivity contribution in [1.29, 1.82) is 0 Å². The van der Waals surface area contributed by atoms with Gasteiger partial charge in [-0.3, -0.25) is 0 Å². The molecule has 4 heteroatoms. The van der Waals surface area contributed by atoms with Gasteiger partial charge in [-0.25, -0.2) is 4.98 Å². The number of hydrogen-bond donors (Lipinski definition) is 1. The van der Waals surface area contributed by atoms with Crippen LogP contribution in [0.25, 0.3) is 0 Å². The van der Waals surface area contributed by atoms with Crippen LogP contribution in [0.5, 0.6) is 0 Å². The second-order valence-electron chi connectivity index (χ2n) is 4.43. The fourth-order valence-corrected chi connectivity index (χ4v) is 2.64. The van der Waals surface area contributed by atoms with Crippen LogP contribution in [-0.2, 0) is 13.1 Å². The summed E-state index contributed by atoms with van der Waals surface area (Å²) in [7, 11) is 4.03. The minimum Gasteiger partial charge on any atom is -0.347 e. The second-order valence-corrected chi connectivity index (χ2v) is 5.27. The molecule has 2 rings (SSSR count). The third-order valence-corrected chi connectivity index (χ3v) is 3.90. The number of thiazole rings is 1. The zero-order valence-corrected chi connectivity index (χ0v) is 11.9. The standard InChI is InChI=1S/C14H19N3S/c1-11-6-4-5-7-12(11)9-17(3)14-16-13(8-15-2)10-18-14/h4-7,10,15H,8-9H2,1-3H3. The lowest BCUT2D eigenvalue weighted by molar-refractivity contribution is 0.792. The average molecular weight is 261 g/mol. The summed E-state index contributed by atoms with van der Waals surface area (Å²) in [4.78, 5) is 6.81. The van der Waals surface area contributed by atoms with E-state index in [2.05, 4.69) is 58.8 Å². The number of hydrogen-bond acceptors (Lipinski definition) is 4. The van der Waals surface area contributed by atoms with Gasteiger partial charge in [0, 0.05) is 25.5 Å². The molecule has 1 aromatic carbocycles. The molecular formula is C14H19N3S. The van der Waals surface area contributed by atoms with Gasteiger partial charge in [-0.15, -0.1) is 11.3 Å². The van der Waals surface area contributed by atoms with Gasteiger partial charge < -0.3 is 10.2 Å². The van der Waals surface area contributed by atoms with E-state index in [1.54, 1.807) is 11.3 Å². The normalized spacial score (nSPS) is 10.6. The summed E-state index contributed by atoms with van der Waals surface area (Å²) in [5, 5.41) is 6.30. The minimum atomic E-state index is 0.828. The Hall–Kier alpha value is -1.39. The molecule has 0 bridgehead atoms. The van der Waals surface area contributed by atoms with E-state index in [0.717, 1.165) is 23.9 Å². The van der Waals surface area contributed by atoms with E-state index in [1.807, 2.05) is 7.05 Å². The Balaban J connectivity index is 2.07. The smallest absolute Gasteiger partial charge is 0.185 e.